The van der Waals surface area contributed by atoms with E-state index in [1.807, 2.05) is 6.07 Å². The van der Waals surface area contributed by atoms with Crippen LogP contribution < -0.4 is 16.0 Å². The standard InChI is InChI=1S/C15H18BrN3O2.ClH/c16-13-3-1-2-12(8-13)15(21)19-10-14(20)18-9-11-4-6-17-7-5-11;/h1-4,8,17H,5-7,9-10H2,(H,18,20)(H,19,21);1H. The summed E-state index contributed by atoms with van der Waals surface area (Å²) >= 11 is 3.31. The summed E-state index contributed by atoms with van der Waals surface area (Å²) in [4.78, 5) is 23.6. The van der Waals surface area contributed by atoms with E-state index in [0.717, 1.165) is 24.0 Å². The Bertz CT molecular complexity index is 563. The normalized spacial score (nSPS) is 13.6. The van der Waals surface area contributed by atoms with Crippen molar-refractivity contribution >= 4 is 40.2 Å². The van der Waals surface area contributed by atoms with Crippen molar-refractivity contribution in [3.63, 3.8) is 0 Å². The van der Waals surface area contributed by atoms with Crippen molar-refractivity contribution in [3.05, 3.63) is 46.0 Å². The zero-order valence-electron chi connectivity index (χ0n) is 12.0. The minimum absolute atomic E-state index is 0. The van der Waals surface area contributed by atoms with Gasteiger partial charge in [-0.15, -0.1) is 12.4 Å². The molecule has 0 atom stereocenters. The maximum absolute atomic E-state index is 11.9. The first-order chi connectivity index (χ1) is 10.1. The second kappa shape index (κ2) is 9.61. The van der Waals surface area contributed by atoms with E-state index in [1.165, 1.54) is 5.57 Å². The third-order valence-corrected chi connectivity index (χ3v) is 3.66. The Morgan fingerprint density at radius 2 is 2.09 bits per heavy atom. The van der Waals surface area contributed by atoms with Crippen LogP contribution in [0.2, 0.25) is 0 Å². The molecule has 0 saturated heterocycles. The van der Waals surface area contributed by atoms with Crippen molar-refractivity contribution in [3.8, 4) is 0 Å². The number of carbonyl (C=O) groups is 2. The van der Waals surface area contributed by atoms with Crippen molar-refractivity contribution < 1.29 is 9.59 Å². The van der Waals surface area contributed by atoms with Gasteiger partial charge in [0.15, 0.2) is 0 Å². The van der Waals surface area contributed by atoms with Gasteiger partial charge in [0.2, 0.25) is 5.91 Å². The number of benzene rings is 1. The molecule has 2 amide bonds. The van der Waals surface area contributed by atoms with Crippen LogP contribution in [0.15, 0.2) is 40.4 Å². The van der Waals surface area contributed by atoms with Crippen molar-refractivity contribution in [2.75, 3.05) is 26.2 Å². The topological polar surface area (TPSA) is 70.2 Å². The van der Waals surface area contributed by atoms with Crippen molar-refractivity contribution in [1.29, 1.82) is 0 Å². The van der Waals surface area contributed by atoms with Crippen LogP contribution in [0.5, 0.6) is 0 Å². The molecule has 0 saturated carbocycles. The van der Waals surface area contributed by atoms with E-state index >= 15 is 0 Å². The highest BCUT2D eigenvalue weighted by Gasteiger charge is 2.09. The predicted octanol–water partition coefficient (Wildman–Crippen LogP) is 1.64. The van der Waals surface area contributed by atoms with Crippen molar-refractivity contribution in [2.24, 2.45) is 0 Å². The van der Waals surface area contributed by atoms with Crippen LogP contribution >= 0.6 is 28.3 Å². The van der Waals surface area contributed by atoms with Gasteiger partial charge < -0.3 is 16.0 Å². The molecular weight excluding hydrogens is 370 g/mol. The summed E-state index contributed by atoms with van der Waals surface area (Å²) in [5.41, 5.74) is 1.75. The molecule has 1 aromatic carbocycles. The quantitative estimate of drug-likeness (QED) is 0.672. The Morgan fingerprint density at radius 3 is 2.77 bits per heavy atom. The fourth-order valence-electron chi connectivity index (χ4n) is 2.00. The molecule has 0 aromatic heterocycles. The molecule has 0 radical (unpaired) electrons. The molecule has 1 aromatic rings. The number of nitrogens with one attached hydrogen (secondary N) is 3. The highest BCUT2D eigenvalue weighted by molar-refractivity contribution is 9.10. The Kier molecular flexibility index (Phi) is 8.16. The molecule has 0 bridgehead atoms. The third-order valence-electron chi connectivity index (χ3n) is 3.17. The van der Waals surface area contributed by atoms with E-state index in [-0.39, 0.29) is 30.8 Å². The van der Waals surface area contributed by atoms with Gasteiger partial charge in [-0.2, -0.15) is 0 Å². The molecule has 1 aliphatic heterocycles. The Morgan fingerprint density at radius 1 is 1.27 bits per heavy atom. The number of rotatable bonds is 5. The number of halogens is 2. The van der Waals surface area contributed by atoms with Crippen LogP contribution in [0, 0.1) is 0 Å². The van der Waals surface area contributed by atoms with Gasteiger partial charge in [-0.3, -0.25) is 9.59 Å². The lowest BCUT2D eigenvalue weighted by Crippen LogP contribution is -2.38. The molecular formula is C15H19BrClN3O2. The van der Waals surface area contributed by atoms with Crippen LogP contribution in [0.1, 0.15) is 16.8 Å². The number of hydrogen-bond donors (Lipinski definition) is 3. The maximum Gasteiger partial charge on any atom is 0.251 e. The highest BCUT2D eigenvalue weighted by Crippen LogP contribution is 2.11. The van der Waals surface area contributed by atoms with E-state index in [0.29, 0.717) is 12.1 Å². The second-order valence-electron chi connectivity index (χ2n) is 4.79. The van der Waals surface area contributed by atoms with E-state index < -0.39 is 0 Å². The number of amides is 2. The third kappa shape index (κ3) is 6.17. The zero-order chi connectivity index (χ0) is 15.1. The molecule has 1 aliphatic rings. The molecule has 0 fully saturated rings. The first-order valence-corrected chi connectivity index (χ1v) is 7.63. The summed E-state index contributed by atoms with van der Waals surface area (Å²) < 4.78 is 0.831. The summed E-state index contributed by atoms with van der Waals surface area (Å²) in [7, 11) is 0. The fraction of sp³-hybridized carbons (Fsp3) is 0.333. The number of hydrogen-bond acceptors (Lipinski definition) is 3. The molecule has 2 rings (SSSR count). The second-order valence-corrected chi connectivity index (χ2v) is 5.70. The van der Waals surface area contributed by atoms with Crippen molar-refractivity contribution in [2.45, 2.75) is 6.42 Å². The predicted molar refractivity (Wildman–Crippen MR) is 92.3 cm³/mol. The minimum atomic E-state index is -0.257. The van der Waals surface area contributed by atoms with Gasteiger partial charge in [0.1, 0.15) is 0 Å². The van der Waals surface area contributed by atoms with Gasteiger partial charge in [0.05, 0.1) is 6.54 Å². The Balaban J connectivity index is 0.00000242. The van der Waals surface area contributed by atoms with Gasteiger partial charge in [-0.1, -0.05) is 33.6 Å². The van der Waals surface area contributed by atoms with Gasteiger partial charge in [-0.05, 0) is 31.2 Å². The van der Waals surface area contributed by atoms with Crippen LogP contribution in [-0.2, 0) is 4.79 Å². The van der Waals surface area contributed by atoms with E-state index in [9.17, 15) is 9.59 Å². The van der Waals surface area contributed by atoms with Crippen LogP contribution in [0.3, 0.4) is 0 Å². The van der Waals surface area contributed by atoms with E-state index in [4.69, 9.17) is 0 Å². The van der Waals surface area contributed by atoms with Crippen LogP contribution in [-0.4, -0.2) is 38.0 Å². The highest BCUT2D eigenvalue weighted by atomic mass is 79.9. The lowest BCUT2D eigenvalue weighted by Gasteiger charge is -2.14. The maximum atomic E-state index is 11.9. The monoisotopic (exact) mass is 387 g/mol. The molecule has 7 heteroatoms. The van der Waals surface area contributed by atoms with E-state index in [1.54, 1.807) is 18.2 Å². The molecule has 5 nitrogen and oxygen atoms in total. The fourth-order valence-corrected chi connectivity index (χ4v) is 2.40. The smallest absolute Gasteiger partial charge is 0.251 e. The molecule has 0 spiro atoms. The van der Waals surface area contributed by atoms with Crippen molar-refractivity contribution in [1.82, 2.24) is 16.0 Å². The molecule has 0 unspecified atom stereocenters. The minimum Gasteiger partial charge on any atom is -0.351 e. The summed E-state index contributed by atoms with van der Waals surface area (Å²) in [5, 5.41) is 8.64. The first-order valence-electron chi connectivity index (χ1n) is 6.84. The Hall–Kier alpha value is -1.37. The van der Waals surface area contributed by atoms with Crippen LogP contribution in [0.4, 0.5) is 0 Å². The zero-order valence-corrected chi connectivity index (χ0v) is 14.4. The van der Waals surface area contributed by atoms with Crippen LogP contribution in [0.25, 0.3) is 0 Å². The average Bonchev–Trinajstić information content (AvgIpc) is 2.51. The number of carbonyl (C=O) groups excluding carboxylic acids is 2. The summed E-state index contributed by atoms with van der Waals surface area (Å²) in [5.74, 6) is -0.440. The molecule has 3 N–H and O–H groups in total. The Labute approximate surface area is 144 Å². The summed E-state index contributed by atoms with van der Waals surface area (Å²) in [6.45, 7) is 2.33. The van der Waals surface area contributed by atoms with Gasteiger partial charge in [0.25, 0.3) is 5.91 Å². The lowest BCUT2D eigenvalue weighted by molar-refractivity contribution is -0.119. The first kappa shape index (κ1) is 18.7. The van der Waals surface area contributed by atoms with E-state index in [2.05, 4.69) is 38.0 Å². The molecule has 120 valence electrons. The molecule has 0 aliphatic carbocycles. The van der Waals surface area contributed by atoms with Gasteiger partial charge in [0, 0.05) is 23.1 Å². The molecule has 22 heavy (non-hydrogen) atoms. The van der Waals surface area contributed by atoms with Gasteiger partial charge in [-0.25, -0.2) is 0 Å². The lowest BCUT2D eigenvalue weighted by atomic mass is 10.1. The molecule has 1 heterocycles. The van der Waals surface area contributed by atoms with Gasteiger partial charge >= 0.3 is 0 Å². The largest absolute Gasteiger partial charge is 0.351 e. The average molecular weight is 389 g/mol. The summed E-state index contributed by atoms with van der Waals surface area (Å²) in [6, 6.07) is 7.05. The summed E-state index contributed by atoms with van der Waals surface area (Å²) in [6.07, 6.45) is 3.04. The SMILES string of the molecule is Cl.O=C(CNC(=O)c1cccc(Br)c1)NCC1=CCNCC1.